The molecule has 1 aliphatic heterocycles. The van der Waals surface area contributed by atoms with Crippen LogP contribution in [-0.4, -0.2) is 38.1 Å². The first-order valence-corrected chi connectivity index (χ1v) is 9.06. The van der Waals surface area contributed by atoms with Crippen molar-refractivity contribution in [3.05, 3.63) is 66.0 Å². The molecule has 136 valence electrons. The van der Waals surface area contributed by atoms with E-state index < -0.39 is 0 Å². The third kappa shape index (κ3) is 3.54. The van der Waals surface area contributed by atoms with E-state index in [9.17, 15) is 0 Å². The Kier molecular flexibility index (Phi) is 5.08. The van der Waals surface area contributed by atoms with Crippen molar-refractivity contribution in [2.45, 2.75) is 25.0 Å². The largest absolute Gasteiger partial charge is 0.372 e. The van der Waals surface area contributed by atoms with Crippen molar-refractivity contribution in [3.63, 3.8) is 0 Å². The van der Waals surface area contributed by atoms with Gasteiger partial charge in [-0.2, -0.15) is 10.2 Å². The van der Waals surface area contributed by atoms with Crippen molar-refractivity contribution in [1.29, 1.82) is 0 Å². The number of aromatic nitrogens is 5. The fraction of sp³-hybridized carbons (Fsp3) is 0.421. The second-order valence-corrected chi connectivity index (χ2v) is 6.70. The van der Waals surface area contributed by atoms with Crippen LogP contribution in [0.4, 0.5) is 0 Å². The minimum absolute atomic E-state index is 0.0205. The highest BCUT2D eigenvalue weighted by atomic mass is 16.5. The molecular weight excluding hydrogens is 328 g/mol. The van der Waals surface area contributed by atoms with Gasteiger partial charge < -0.3 is 10.1 Å². The van der Waals surface area contributed by atoms with Crippen molar-refractivity contribution in [1.82, 2.24) is 30.3 Å². The Morgan fingerprint density at radius 1 is 1.31 bits per heavy atom. The van der Waals surface area contributed by atoms with Crippen LogP contribution in [0.25, 0.3) is 0 Å². The van der Waals surface area contributed by atoms with Gasteiger partial charge in [0.15, 0.2) is 0 Å². The van der Waals surface area contributed by atoms with Crippen molar-refractivity contribution in [2.24, 2.45) is 13.0 Å². The fourth-order valence-corrected chi connectivity index (χ4v) is 3.68. The molecule has 26 heavy (non-hydrogen) atoms. The third-order valence-corrected chi connectivity index (χ3v) is 5.02. The molecule has 3 aromatic rings. The molecule has 0 spiro atoms. The molecule has 7 nitrogen and oxygen atoms in total. The molecular formula is C19H24N6O. The Balaban J connectivity index is 1.52. The highest BCUT2D eigenvalue weighted by Crippen LogP contribution is 2.33. The minimum Gasteiger partial charge on any atom is -0.372 e. The summed E-state index contributed by atoms with van der Waals surface area (Å²) in [7, 11) is 1.97. The maximum atomic E-state index is 6.11. The number of nitrogens with one attached hydrogen (secondary N) is 2. The highest BCUT2D eigenvalue weighted by Gasteiger charge is 2.30. The van der Waals surface area contributed by atoms with Crippen molar-refractivity contribution in [2.75, 3.05) is 13.2 Å². The summed E-state index contributed by atoms with van der Waals surface area (Å²) in [6.07, 6.45) is 5.66. The van der Waals surface area contributed by atoms with E-state index in [4.69, 9.17) is 4.74 Å². The zero-order valence-corrected chi connectivity index (χ0v) is 14.9. The molecule has 0 radical (unpaired) electrons. The van der Waals surface area contributed by atoms with Gasteiger partial charge in [-0.25, -0.2) is 4.98 Å². The maximum absolute atomic E-state index is 6.11. The van der Waals surface area contributed by atoms with Gasteiger partial charge in [-0.3, -0.25) is 9.78 Å². The van der Waals surface area contributed by atoms with E-state index in [0.717, 1.165) is 43.1 Å². The lowest BCUT2D eigenvalue weighted by Crippen LogP contribution is -2.35. The van der Waals surface area contributed by atoms with Crippen LogP contribution in [0.1, 0.15) is 42.1 Å². The van der Waals surface area contributed by atoms with E-state index in [1.54, 1.807) is 6.33 Å². The lowest BCUT2D eigenvalue weighted by molar-refractivity contribution is -0.0327. The lowest BCUT2D eigenvalue weighted by Gasteiger charge is -2.33. The van der Waals surface area contributed by atoms with Crippen LogP contribution in [0.2, 0.25) is 0 Å². The predicted octanol–water partition coefficient (Wildman–Crippen LogP) is 2.39. The molecule has 2 N–H and O–H groups in total. The standard InChI is InChI=1S/C19H24N6O/c1-25-16(9-10-23-25)18-15(8-5-11-26-18)12-20-17(19-21-13-22-24-19)14-6-3-2-4-7-14/h2-4,6-7,9-10,13,15,17-18,20H,5,8,11-12H2,1H3,(H,21,22,24)/t15-,17?,18+/m0/s1. The second kappa shape index (κ2) is 7.80. The molecule has 1 aliphatic rings. The zero-order valence-electron chi connectivity index (χ0n) is 14.9. The highest BCUT2D eigenvalue weighted by molar-refractivity contribution is 5.24. The van der Waals surface area contributed by atoms with E-state index in [-0.39, 0.29) is 12.1 Å². The normalized spacial score (nSPS) is 21.6. The van der Waals surface area contributed by atoms with Crippen molar-refractivity contribution in [3.8, 4) is 0 Å². The molecule has 1 saturated heterocycles. The Hall–Kier alpha value is -2.51. The van der Waals surface area contributed by atoms with Gasteiger partial charge in [0.2, 0.25) is 0 Å². The number of aryl methyl sites for hydroxylation is 1. The molecule has 0 bridgehead atoms. The van der Waals surface area contributed by atoms with Gasteiger partial charge in [0.05, 0.1) is 11.7 Å². The van der Waals surface area contributed by atoms with E-state index >= 15 is 0 Å². The van der Waals surface area contributed by atoms with Crippen LogP contribution in [0.3, 0.4) is 0 Å². The smallest absolute Gasteiger partial charge is 0.145 e. The summed E-state index contributed by atoms with van der Waals surface area (Å²) in [6, 6.07) is 12.4. The average molecular weight is 352 g/mol. The number of H-pyrrole nitrogens is 1. The zero-order chi connectivity index (χ0) is 17.8. The molecule has 0 amide bonds. The maximum Gasteiger partial charge on any atom is 0.145 e. The molecule has 3 atom stereocenters. The lowest BCUT2D eigenvalue weighted by atomic mass is 9.91. The summed E-state index contributed by atoms with van der Waals surface area (Å²) in [5, 5.41) is 15.0. The third-order valence-electron chi connectivity index (χ3n) is 5.02. The Bertz CT molecular complexity index is 801. The van der Waals surface area contributed by atoms with Crippen LogP contribution in [0.15, 0.2) is 48.9 Å². The van der Waals surface area contributed by atoms with Gasteiger partial charge in [-0.1, -0.05) is 30.3 Å². The van der Waals surface area contributed by atoms with Crippen LogP contribution in [-0.2, 0) is 11.8 Å². The Morgan fingerprint density at radius 2 is 2.19 bits per heavy atom. The summed E-state index contributed by atoms with van der Waals surface area (Å²) >= 11 is 0. The molecule has 1 unspecified atom stereocenters. The minimum atomic E-state index is -0.0205. The molecule has 1 fully saturated rings. The number of nitrogens with zero attached hydrogens (tertiary/aromatic N) is 4. The average Bonchev–Trinajstić information content (AvgIpc) is 3.35. The van der Waals surface area contributed by atoms with Gasteiger partial charge in [0.25, 0.3) is 0 Å². The molecule has 1 aromatic carbocycles. The predicted molar refractivity (Wildman–Crippen MR) is 97.3 cm³/mol. The van der Waals surface area contributed by atoms with Crippen LogP contribution in [0, 0.1) is 5.92 Å². The summed E-state index contributed by atoms with van der Waals surface area (Å²) < 4.78 is 8.02. The SMILES string of the molecule is Cn1nccc1[C@@H]1OCCC[C@H]1CNC(c1ccccc1)c1ncn[nH]1. The number of rotatable bonds is 6. The van der Waals surface area contributed by atoms with Gasteiger partial charge in [0, 0.05) is 32.3 Å². The van der Waals surface area contributed by atoms with Gasteiger partial charge >= 0.3 is 0 Å². The number of benzene rings is 1. The molecule has 2 aromatic heterocycles. The summed E-state index contributed by atoms with van der Waals surface area (Å²) in [6.45, 7) is 1.63. The molecule has 0 saturated carbocycles. The first-order valence-electron chi connectivity index (χ1n) is 9.06. The number of hydrogen-bond donors (Lipinski definition) is 2. The first kappa shape index (κ1) is 16.9. The second-order valence-electron chi connectivity index (χ2n) is 6.70. The van der Waals surface area contributed by atoms with Crippen LogP contribution in [0.5, 0.6) is 0 Å². The van der Waals surface area contributed by atoms with Crippen LogP contribution < -0.4 is 5.32 Å². The van der Waals surface area contributed by atoms with Gasteiger partial charge in [-0.05, 0) is 24.5 Å². The van der Waals surface area contributed by atoms with Crippen molar-refractivity contribution < 1.29 is 4.74 Å². The molecule has 7 heteroatoms. The van der Waals surface area contributed by atoms with Gasteiger partial charge in [-0.15, -0.1) is 0 Å². The van der Waals surface area contributed by atoms with Crippen molar-refractivity contribution >= 4 is 0 Å². The topological polar surface area (TPSA) is 80.7 Å². The quantitative estimate of drug-likeness (QED) is 0.712. The summed E-state index contributed by atoms with van der Waals surface area (Å²) in [5.74, 6) is 1.21. The summed E-state index contributed by atoms with van der Waals surface area (Å²) in [5.41, 5.74) is 2.30. The van der Waals surface area contributed by atoms with E-state index in [1.165, 1.54) is 0 Å². The number of aromatic amines is 1. The first-order chi connectivity index (χ1) is 12.8. The molecule has 0 aliphatic carbocycles. The Morgan fingerprint density at radius 3 is 2.92 bits per heavy atom. The molecule has 4 rings (SSSR count). The number of hydrogen-bond acceptors (Lipinski definition) is 5. The van der Waals surface area contributed by atoms with Crippen LogP contribution >= 0.6 is 0 Å². The van der Waals surface area contributed by atoms with E-state index in [1.807, 2.05) is 42.2 Å². The fourth-order valence-electron chi connectivity index (χ4n) is 3.68. The van der Waals surface area contributed by atoms with E-state index in [2.05, 4.69) is 37.7 Å². The monoisotopic (exact) mass is 352 g/mol. The Labute approximate surface area is 152 Å². The number of ether oxygens (including phenoxy) is 1. The molecule has 3 heterocycles. The summed E-state index contributed by atoms with van der Waals surface area (Å²) in [4.78, 5) is 4.37. The van der Waals surface area contributed by atoms with E-state index in [0.29, 0.717) is 5.92 Å². The van der Waals surface area contributed by atoms with Gasteiger partial charge in [0.1, 0.15) is 18.3 Å².